The van der Waals surface area contributed by atoms with Crippen LogP contribution in [0.4, 0.5) is 4.39 Å². The number of carbonyl (C=O) groups is 1. The summed E-state index contributed by atoms with van der Waals surface area (Å²) in [6, 6.07) is 11.9. The summed E-state index contributed by atoms with van der Waals surface area (Å²) in [5, 5.41) is 11.5. The van der Waals surface area contributed by atoms with Gasteiger partial charge in [0, 0.05) is 57.6 Å². The Hall–Kier alpha value is -3.22. The number of H-pyrrole nitrogens is 1. The van der Waals surface area contributed by atoms with Crippen LogP contribution in [0.1, 0.15) is 47.3 Å². The van der Waals surface area contributed by atoms with Crippen molar-refractivity contribution in [3.05, 3.63) is 75.5 Å². The van der Waals surface area contributed by atoms with E-state index in [4.69, 9.17) is 9.47 Å². The van der Waals surface area contributed by atoms with Crippen molar-refractivity contribution in [1.29, 1.82) is 0 Å². The molecule has 4 aliphatic heterocycles. The lowest BCUT2D eigenvalue weighted by atomic mass is 10.0. The van der Waals surface area contributed by atoms with Crippen molar-refractivity contribution in [2.24, 2.45) is 0 Å². The third-order valence-electron chi connectivity index (χ3n) is 9.57. The van der Waals surface area contributed by atoms with Gasteiger partial charge in [0.05, 0.1) is 28.9 Å². The Labute approximate surface area is 256 Å². The number of aromatic nitrogens is 2. The van der Waals surface area contributed by atoms with Crippen molar-refractivity contribution < 1.29 is 18.7 Å². The molecule has 1 amide bonds. The van der Waals surface area contributed by atoms with Crippen LogP contribution in [-0.2, 0) is 15.9 Å². The summed E-state index contributed by atoms with van der Waals surface area (Å²) in [6.07, 6.45) is 5.85. The van der Waals surface area contributed by atoms with Crippen molar-refractivity contribution in [3.8, 4) is 0 Å². The van der Waals surface area contributed by atoms with Crippen LogP contribution in [0.25, 0.3) is 10.8 Å². The summed E-state index contributed by atoms with van der Waals surface area (Å²) in [5.41, 5.74) is 1.25. The number of rotatable bonds is 8. The van der Waals surface area contributed by atoms with Crippen LogP contribution in [0.3, 0.4) is 0 Å². The minimum absolute atomic E-state index is 0.0674. The van der Waals surface area contributed by atoms with Gasteiger partial charge in [-0.25, -0.2) is 9.49 Å². The third-order valence-corrected chi connectivity index (χ3v) is 9.57. The van der Waals surface area contributed by atoms with Crippen molar-refractivity contribution in [2.45, 2.75) is 56.6 Å². The number of epoxide rings is 1. The maximum Gasteiger partial charge on any atom is 0.272 e. The topological polar surface area (TPSA) is 106 Å². The average molecular weight is 605 g/mol. The largest absolute Gasteiger partial charge is 0.375 e. The zero-order valence-electron chi connectivity index (χ0n) is 25.1. The number of likely N-dealkylation sites (tertiary alicyclic amines) is 1. The van der Waals surface area contributed by atoms with Gasteiger partial charge in [-0.1, -0.05) is 24.3 Å². The number of benzene rings is 2. The normalized spacial score (nSPS) is 24.2. The fourth-order valence-corrected chi connectivity index (χ4v) is 6.97. The summed E-state index contributed by atoms with van der Waals surface area (Å²) >= 11 is 0. The Bertz CT molecular complexity index is 1530. The first kappa shape index (κ1) is 29.5. The van der Waals surface area contributed by atoms with E-state index in [1.165, 1.54) is 6.07 Å². The van der Waals surface area contributed by atoms with Crippen LogP contribution < -0.4 is 10.9 Å². The molecule has 0 spiro atoms. The number of halogens is 1. The molecule has 4 aliphatic rings. The molecule has 5 heterocycles. The second kappa shape index (κ2) is 13.0. The second-order valence-electron chi connectivity index (χ2n) is 12.5. The van der Waals surface area contributed by atoms with Crippen LogP contribution in [0.15, 0.2) is 47.3 Å². The van der Waals surface area contributed by atoms with E-state index in [1.807, 2.05) is 12.1 Å². The summed E-state index contributed by atoms with van der Waals surface area (Å²) in [6.45, 7) is 7.61. The smallest absolute Gasteiger partial charge is 0.272 e. The molecule has 7 rings (SSSR count). The zero-order valence-corrected chi connectivity index (χ0v) is 25.1. The zero-order chi connectivity index (χ0) is 30.0. The molecule has 234 valence electrons. The minimum atomic E-state index is -0.532. The van der Waals surface area contributed by atoms with Gasteiger partial charge in [0.1, 0.15) is 18.1 Å². The molecule has 44 heavy (non-hydrogen) atoms. The summed E-state index contributed by atoms with van der Waals surface area (Å²) < 4.78 is 27.3. The van der Waals surface area contributed by atoms with Gasteiger partial charge in [0.25, 0.3) is 11.5 Å². The van der Waals surface area contributed by atoms with Gasteiger partial charge in [0.15, 0.2) is 0 Å². The van der Waals surface area contributed by atoms with Crippen molar-refractivity contribution in [2.75, 3.05) is 58.9 Å². The van der Waals surface area contributed by atoms with Gasteiger partial charge < -0.3 is 24.6 Å². The highest BCUT2D eigenvalue weighted by molar-refractivity contribution is 5.95. The molecule has 10 nitrogen and oxygen atoms in total. The standard InChI is InChI=1S/C33H41FN6O4/c34-28-6-5-22(20-29-25-3-1-2-4-26(25)31(41)37-36-29)19-27(28)32(42)39-15-17-40(18-16-39)33-30(44-33)21-38-13-9-24(10-14-38)43-23-7-11-35-12-8-23/h1-6,19,23-24,30,33,35H,7-18,20-21H2,(H,37,41). The molecule has 3 aromatic rings. The molecule has 0 radical (unpaired) electrons. The fourth-order valence-electron chi connectivity index (χ4n) is 6.97. The van der Waals surface area contributed by atoms with Crippen molar-refractivity contribution in [3.63, 3.8) is 0 Å². The SMILES string of the molecule is O=C(c1cc(Cc2n[nH]c(=O)c3ccccc23)ccc1F)N1CCN(C2OC2CN2CCC(OC3CCNCC3)CC2)CC1. The number of hydrogen-bond acceptors (Lipinski definition) is 8. The van der Waals surface area contributed by atoms with Crippen LogP contribution in [0, 0.1) is 5.82 Å². The molecule has 4 saturated heterocycles. The predicted octanol–water partition coefficient (Wildman–Crippen LogP) is 2.37. The van der Waals surface area contributed by atoms with Gasteiger partial charge in [-0.3, -0.25) is 14.5 Å². The van der Waals surface area contributed by atoms with E-state index in [2.05, 4.69) is 25.3 Å². The number of amides is 1. The minimum Gasteiger partial charge on any atom is -0.375 e. The highest BCUT2D eigenvalue weighted by atomic mass is 19.1. The van der Waals surface area contributed by atoms with E-state index in [9.17, 15) is 14.0 Å². The predicted molar refractivity (Wildman–Crippen MR) is 164 cm³/mol. The van der Waals surface area contributed by atoms with E-state index in [1.54, 1.807) is 29.2 Å². The Kier molecular flexibility index (Phi) is 8.73. The Morgan fingerprint density at radius 3 is 2.45 bits per heavy atom. The average Bonchev–Trinajstić information content (AvgIpc) is 3.83. The van der Waals surface area contributed by atoms with Crippen LogP contribution in [-0.4, -0.2) is 114 Å². The highest BCUT2D eigenvalue weighted by Crippen LogP contribution is 2.30. The quantitative estimate of drug-likeness (QED) is 0.378. The molecule has 2 unspecified atom stereocenters. The summed E-state index contributed by atoms with van der Waals surface area (Å²) in [7, 11) is 0. The number of nitrogens with zero attached hydrogens (tertiary/aromatic N) is 4. The van der Waals surface area contributed by atoms with Gasteiger partial charge in [-0.05, 0) is 62.5 Å². The van der Waals surface area contributed by atoms with E-state index < -0.39 is 5.82 Å². The second-order valence-corrected chi connectivity index (χ2v) is 12.5. The lowest BCUT2D eigenvalue weighted by Gasteiger charge is -2.35. The van der Waals surface area contributed by atoms with Gasteiger partial charge in [0.2, 0.25) is 0 Å². The van der Waals surface area contributed by atoms with Crippen molar-refractivity contribution >= 4 is 16.7 Å². The molecule has 0 bridgehead atoms. The van der Waals surface area contributed by atoms with Crippen LogP contribution in [0.2, 0.25) is 0 Å². The molecule has 0 saturated carbocycles. The molecule has 1 aromatic heterocycles. The number of fused-ring (bicyclic) bond motifs is 1. The Balaban J connectivity index is 0.890. The van der Waals surface area contributed by atoms with Gasteiger partial charge in [-0.15, -0.1) is 0 Å². The number of nitrogens with one attached hydrogen (secondary N) is 2. The van der Waals surface area contributed by atoms with E-state index in [-0.39, 0.29) is 29.4 Å². The molecule has 4 fully saturated rings. The van der Waals surface area contributed by atoms with Crippen molar-refractivity contribution in [1.82, 2.24) is 30.2 Å². The molecule has 11 heteroatoms. The maximum absolute atomic E-state index is 14.9. The van der Waals surface area contributed by atoms with E-state index in [0.717, 1.165) is 69.4 Å². The molecule has 0 aliphatic carbocycles. The number of hydrogen-bond donors (Lipinski definition) is 2. The third kappa shape index (κ3) is 6.57. The maximum atomic E-state index is 14.9. The number of carbonyl (C=O) groups excluding carboxylic acids is 1. The lowest BCUT2D eigenvalue weighted by Crippen LogP contribution is -2.50. The monoisotopic (exact) mass is 604 g/mol. The Morgan fingerprint density at radius 2 is 1.68 bits per heavy atom. The summed E-state index contributed by atoms with van der Waals surface area (Å²) in [5.74, 6) is -0.831. The van der Waals surface area contributed by atoms with E-state index in [0.29, 0.717) is 55.9 Å². The first-order valence-corrected chi connectivity index (χ1v) is 16.0. The number of ether oxygens (including phenoxy) is 2. The molecule has 2 atom stereocenters. The van der Waals surface area contributed by atoms with E-state index >= 15 is 0 Å². The fraction of sp³-hybridized carbons (Fsp3) is 0.545. The number of piperidine rings is 2. The van der Waals surface area contributed by atoms with Gasteiger partial charge in [-0.2, -0.15) is 5.10 Å². The summed E-state index contributed by atoms with van der Waals surface area (Å²) in [4.78, 5) is 32.1. The molecule has 2 N–H and O–H groups in total. The molecule has 2 aromatic carbocycles. The first-order valence-electron chi connectivity index (χ1n) is 16.0. The van der Waals surface area contributed by atoms with Crippen LogP contribution in [0.5, 0.6) is 0 Å². The molecular formula is C33H41FN6O4. The van der Waals surface area contributed by atoms with Gasteiger partial charge >= 0.3 is 0 Å². The van der Waals surface area contributed by atoms with Crippen LogP contribution >= 0.6 is 0 Å². The Morgan fingerprint density at radius 1 is 0.955 bits per heavy atom. The lowest BCUT2D eigenvalue weighted by molar-refractivity contribution is -0.0534. The number of aromatic amines is 1. The number of piperazine rings is 1. The first-order chi connectivity index (χ1) is 21.5. The highest BCUT2D eigenvalue weighted by Gasteiger charge is 2.45. The molecular weight excluding hydrogens is 563 g/mol.